The van der Waals surface area contributed by atoms with E-state index in [2.05, 4.69) is 54.8 Å². The van der Waals surface area contributed by atoms with Crippen LogP contribution >= 0.6 is 33.7 Å². The molecule has 0 aromatic carbocycles. The van der Waals surface area contributed by atoms with Crippen LogP contribution in [0.25, 0.3) is 33.5 Å². The van der Waals surface area contributed by atoms with E-state index in [4.69, 9.17) is 171 Å². The molecule has 115 heavy (non-hydrogen) atoms. The lowest BCUT2D eigenvalue weighted by Crippen LogP contribution is -2.52. The minimum atomic E-state index is -5.12. The summed E-state index contributed by atoms with van der Waals surface area (Å²) >= 11 is 27.5. The fraction of sp³-hybridized carbons (Fsp3) is 0.596. The summed E-state index contributed by atoms with van der Waals surface area (Å²) in [5.41, 5.74) is 23.0. The number of nitrogen functional groups attached to an aromatic ring is 5. The third kappa shape index (κ3) is 15.1. The number of hydrogen-bond donors (Lipinski definition) is 7. The van der Waals surface area contributed by atoms with E-state index in [9.17, 15) is 33.8 Å². The van der Waals surface area contributed by atoms with Gasteiger partial charge >= 0.3 is 11.4 Å². The maximum Gasteiger partial charge on any atom is 0.351 e. The summed E-state index contributed by atoms with van der Waals surface area (Å²) < 4.78 is 132. The smallest absolute Gasteiger partial charge is 0.351 e. The second-order valence-corrected chi connectivity index (χ2v) is 41.5. The molecule has 16 rings (SSSR count). The van der Waals surface area contributed by atoms with E-state index in [1.807, 2.05) is 0 Å². The highest BCUT2D eigenvalue weighted by Gasteiger charge is 2.71. The minimum absolute atomic E-state index is 0.000709. The van der Waals surface area contributed by atoms with E-state index in [1.54, 1.807) is 20.8 Å². The Morgan fingerprint density at radius 2 is 0.965 bits per heavy atom. The van der Waals surface area contributed by atoms with E-state index in [1.165, 1.54) is 65.3 Å². The molecule has 0 amide bonds. The van der Waals surface area contributed by atoms with Gasteiger partial charge in [-0.1, -0.05) is 47.2 Å². The molecule has 58 heteroatoms. The van der Waals surface area contributed by atoms with Gasteiger partial charge in [-0.25, -0.2) is 44.5 Å². The monoisotopic (exact) mass is 1790 g/mol. The van der Waals surface area contributed by atoms with Gasteiger partial charge in [0.25, 0.3) is 5.56 Å². The number of aliphatic hydroxyl groups is 1. The first-order chi connectivity index (χ1) is 54.3. The third-order valence-corrected chi connectivity index (χ3v) is 28.9. The molecule has 8 aliphatic heterocycles. The first-order valence-electron chi connectivity index (χ1n) is 34.6. The maximum atomic E-state index is 15.4. The molecular formula is C57H69N21O27P5S5-5. The van der Waals surface area contributed by atoms with Crippen molar-refractivity contribution in [2.45, 2.75) is 175 Å². The van der Waals surface area contributed by atoms with Gasteiger partial charge in [0.2, 0.25) is 5.95 Å². The van der Waals surface area contributed by atoms with Crippen molar-refractivity contribution in [2.24, 2.45) is 0 Å². The maximum absolute atomic E-state index is 15.4. The van der Waals surface area contributed by atoms with Gasteiger partial charge in [-0.05, 0) is 34.6 Å². The largest absolute Gasteiger partial charge is 0.780 e. The van der Waals surface area contributed by atoms with Crippen molar-refractivity contribution in [2.75, 3.05) is 68.8 Å². The lowest BCUT2D eigenvalue weighted by Gasteiger charge is -2.42. The van der Waals surface area contributed by atoms with Crippen LogP contribution in [0.4, 0.5) is 29.2 Å². The summed E-state index contributed by atoms with van der Waals surface area (Å²) in [6.07, 6.45) is -15.6. The number of nitrogens with zero attached hydrogens (tertiary/aromatic N) is 15. The number of H-pyrrole nitrogens is 1. The molecule has 26 atom stereocenters. The second kappa shape index (κ2) is 30.6. The Morgan fingerprint density at radius 3 is 1.48 bits per heavy atom. The summed E-state index contributed by atoms with van der Waals surface area (Å²) in [4.78, 5) is 142. The summed E-state index contributed by atoms with van der Waals surface area (Å²) in [5, 5.41) is 11.0. The van der Waals surface area contributed by atoms with E-state index in [0.717, 1.165) is 22.6 Å². The molecule has 48 nitrogen and oxygen atoms in total. The quantitative estimate of drug-likeness (QED) is 0.0184. The molecule has 8 fully saturated rings. The van der Waals surface area contributed by atoms with Crippen LogP contribution in [0.1, 0.15) is 75.9 Å². The Kier molecular flexibility index (Phi) is 22.1. The van der Waals surface area contributed by atoms with E-state index >= 15 is 9.79 Å². The Hall–Kier alpha value is -5.53. The normalized spacial score (nSPS) is 34.8. The van der Waals surface area contributed by atoms with Gasteiger partial charge in [-0.2, -0.15) is 15.0 Å². The molecule has 8 aromatic rings. The van der Waals surface area contributed by atoms with Crippen LogP contribution in [-0.4, -0.2) is 219 Å². The van der Waals surface area contributed by atoms with Crippen molar-refractivity contribution in [3.05, 3.63) is 86.5 Å². The fourth-order valence-electron chi connectivity index (χ4n) is 15.3. The van der Waals surface area contributed by atoms with Crippen molar-refractivity contribution in [3.63, 3.8) is 0 Å². The summed E-state index contributed by atoms with van der Waals surface area (Å²) in [6, 6.07) is 0. The number of imidazole rings is 3. The van der Waals surface area contributed by atoms with Gasteiger partial charge in [0.1, 0.15) is 140 Å². The molecule has 8 aliphatic rings. The van der Waals surface area contributed by atoms with E-state index in [-0.39, 0.29) is 75.6 Å². The fourth-order valence-corrected chi connectivity index (χ4v) is 22.0. The molecule has 8 unspecified atom stereocenters. The number of aromatic nitrogens is 16. The summed E-state index contributed by atoms with van der Waals surface area (Å²) in [5.74, 6) is -0.441. The van der Waals surface area contributed by atoms with Crippen LogP contribution < -0.4 is 65.2 Å². The van der Waals surface area contributed by atoms with Crippen LogP contribution in [0.15, 0.2) is 58.4 Å². The number of aromatic amines is 1. The summed E-state index contributed by atoms with van der Waals surface area (Å²) in [7, 11) is 1.06. The lowest BCUT2D eigenvalue weighted by atomic mass is 9.94. The predicted octanol–water partition coefficient (Wildman–Crippen LogP) is -2.79. The first-order valence-corrected chi connectivity index (χ1v) is 47.4. The number of aliphatic hydroxyl groups excluding tert-OH is 1. The number of hydrogen-bond acceptors (Lipinski definition) is 47. The van der Waals surface area contributed by atoms with Crippen molar-refractivity contribution >= 4 is 156 Å². The number of anilines is 5. The van der Waals surface area contributed by atoms with Crippen LogP contribution in [0.5, 0.6) is 0 Å². The zero-order chi connectivity index (χ0) is 81.9. The molecule has 0 saturated carbocycles. The zero-order valence-electron chi connectivity index (χ0n) is 60.3. The molecule has 12 N–H and O–H groups in total. The minimum Gasteiger partial charge on any atom is -0.780 e. The van der Waals surface area contributed by atoms with Crippen LogP contribution in [0.2, 0.25) is 0 Å². The number of rotatable bonds is 29. The highest BCUT2D eigenvalue weighted by molar-refractivity contribution is 8.32. The second-order valence-electron chi connectivity index (χ2n) is 27.9. The van der Waals surface area contributed by atoms with Crippen LogP contribution in [-0.2, 0) is 147 Å². The third-order valence-electron chi connectivity index (χ3n) is 21.1. The predicted molar refractivity (Wildman–Crippen MR) is 400 cm³/mol. The van der Waals surface area contributed by atoms with Crippen molar-refractivity contribution in [1.29, 1.82) is 0 Å². The number of nitrogens with one attached hydrogen (secondary N) is 1. The number of aryl methyl sites for hydroxylation is 2. The van der Waals surface area contributed by atoms with Gasteiger partial charge in [0.05, 0.1) is 82.5 Å². The first kappa shape index (κ1) is 83.1. The number of fused-ring (bicyclic) bond motifs is 9. The Bertz CT molecular complexity index is 5630. The standard InChI is InChI=1S/C57H74N21O27P5S5/c1-21-9-74(53(81)70-41(21)58)30-7-27(102-107(84,112)89-11-28-26(101-106(83,111)88-6)8-31(97-28)76-18-69-34-47(76)72-52(62)73-48(34)80)29(96-30)12-90-108(85,113)104-40-37-51(78-20-68-33-44(61)64-17-66-46(33)78)100-57(40,25(5)95-37)15-92-110(87,115)105-39-36-49(75-10-22(2)42(59)71-54(75)82)99-56(39,24(4)94-36)14-91-109(86,114)103-38-35-50(98-55(38,13-79)23(3)93-35)77-19-67-32-43(60)63-16-65-45(32)77/h9-10,16-20,23-31,35-40,49-51,79H,7-8,11-15H2,1-6H3,(H,83,111)(H,84,112)(H,85,113)(H,86,114)(H,87,115)(H2,58,70,81)(H2,59,71,82)(H2,60,63,65)(H2,61,64,66)(H3,62,72,73,80)/p-5/t23-,24-,25-,26+,27+,28+,29+,30+,31+,35?,36?,37?,38+,39+,40+,49+,50+,51+,55-,56-,57-,106?,107?,108?,109?,110?/m0/s1. The van der Waals surface area contributed by atoms with Crippen LogP contribution in [0.3, 0.4) is 0 Å². The van der Waals surface area contributed by atoms with Gasteiger partial charge in [-0.3, -0.25) is 37.2 Å². The molecule has 624 valence electrons. The molecule has 0 radical (unpaired) electrons. The van der Waals surface area contributed by atoms with Crippen molar-refractivity contribution < 1.29 is 112 Å². The molecule has 6 bridgehead atoms. The van der Waals surface area contributed by atoms with Gasteiger partial charge in [0.15, 0.2) is 59.6 Å². The zero-order valence-corrected chi connectivity index (χ0v) is 68.9. The Balaban J connectivity index is 0.657. The van der Waals surface area contributed by atoms with Gasteiger partial charge in [0, 0.05) is 43.5 Å². The van der Waals surface area contributed by atoms with E-state index in [0.29, 0.717) is 11.1 Å². The topological polar surface area (TPSA) is 646 Å². The highest BCUT2D eigenvalue weighted by Crippen LogP contribution is 2.63. The SMILES string of the molecule is COP([O-])(=S)O[C@@H]1C[C@H](n2cnc3c(=O)[nH]c(N)nc32)O[C@@H]1COP(=O)([S-])O[C@@H]1C[C@H](n2cc(C)c(N)nc2=O)O[C@@H]1COP([O-])(=S)O[C@@H]1C2O[C@@H](C)[C@]1(COP([O-])(=S)O[C@@H]1C3O[C@@H](C)[C@]1(COP([O-])(=S)O[C@@H]1C4O[C@@H](C)[C@]1(CO)O[C@H]4n1cnc4c(N)ncnc41)O[C@H]3n1cc(C)c(N)nc1=O)O[C@H]2n1cnc2c(N)ncnc21. The summed E-state index contributed by atoms with van der Waals surface area (Å²) in [6.45, 7) is -20.5. The molecule has 16 heterocycles. The Morgan fingerprint density at radius 1 is 0.539 bits per heavy atom. The van der Waals surface area contributed by atoms with Gasteiger partial charge < -0.3 is 149 Å². The molecule has 0 spiro atoms. The molecule has 8 aromatic heterocycles. The van der Waals surface area contributed by atoms with Crippen molar-refractivity contribution in [1.82, 2.24) is 77.7 Å². The Labute approximate surface area is 672 Å². The average Bonchev–Trinajstić information content (AvgIpc) is 1.55. The van der Waals surface area contributed by atoms with Crippen LogP contribution in [0, 0.1) is 13.8 Å². The highest BCUT2D eigenvalue weighted by atomic mass is 32.7. The van der Waals surface area contributed by atoms with Gasteiger partial charge in [-0.15, -0.1) is 0 Å². The lowest BCUT2D eigenvalue weighted by molar-refractivity contribution is -0.245. The number of nitrogens with two attached hydrogens (primary N) is 5. The molecular weight excluding hydrogens is 1730 g/mol. The van der Waals surface area contributed by atoms with Crippen molar-refractivity contribution in [3.8, 4) is 0 Å². The number of ether oxygens (including phenoxy) is 8. The molecule has 8 saturated heterocycles. The molecule has 0 aliphatic carbocycles. The average molecular weight is 1800 g/mol. The van der Waals surface area contributed by atoms with E-state index < -0.39 is 211 Å².